The van der Waals surface area contributed by atoms with Gasteiger partial charge in [-0.2, -0.15) is 5.10 Å². The van der Waals surface area contributed by atoms with E-state index in [9.17, 15) is 4.79 Å². The molecule has 1 heterocycles. The van der Waals surface area contributed by atoms with Crippen LogP contribution in [0, 0.1) is 6.92 Å². The fourth-order valence-electron chi connectivity index (χ4n) is 2.17. The van der Waals surface area contributed by atoms with E-state index in [2.05, 4.69) is 15.5 Å². The Morgan fingerprint density at radius 3 is 2.29 bits per heavy atom. The minimum absolute atomic E-state index is 0.151. The van der Waals surface area contributed by atoms with E-state index in [0.29, 0.717) is 11.4 Å². The van der Waals surface area contributed by atoms with Gasteiger partial charge in [-0.1, -0.05) is 48.5 Å². The van der Waals surface area contributed by atoms with Crippen molar-refractivity contribution in [2.45, 2.75) is 6.92 Å². The Kier molecular flexibility index (Phi) is 3.51. The number of amides is 1. The number of hydrogen-bond acceptors (Lipinski definition) is 2. The summed E-state index contributed by atoms with van der Waals surface area (Å²) < 4.78 is 0. The molecule has 104 valence electrons. The van der Waals surface area contributed by atoms with Crippen molar-refractivity contribution >= 4 is 11.7 Å². The highest BCUT2D eigenvalue weighted by Crippen LogP contribution is 2.25. The third-order valence-corrected chi connectivity index (χ3v) is 3.33. The van der Waals surface area contributed by atoms with Gasteiger partial charge >= 0.3 is 0 Å². The van der Waals surface area contributed by atoms with E-state index in [1.54, 1.807) is 12.1 Å². The number of carbonyl (C=O) groups excluding carboxylic acids is 1. The summed E-state index contributed by atoms with van der Waals surface area (Å²) in [4.78, 5) is 12.2. The number of aromatic nitrogens is 2. The molecule has 3 aromatic rings. The number of H-pyrrole nitrogens is 1. The molecule has 3 rings (SSSR count). The topological polar surface area (TPSA) is 57.8 Å². The Hall–Kier alpha value is -2.88. The number of nitrogens with one attached hydrogen (secondary N) is 2. The van der Waals surface area contributed by atoms with Crippen molar-refractivity contribution in [2.24, 2.45) is 0 Å². The maximum absolute atomic E-state index is 12.2. The molecule has 0 spiro atoms. The molecule has 0 bridgehead atoms. The fourth-order valence-corrected chi connectivity index (χ4v) is 2.17. The average Bonchev–Trinajstić information content (AvgIpc) is 2.90. The Bertz CT molecular complexity index is 748. The van der Waals surface area contributed by atoms with E-state index in [0.717, 1.165) is 16.8 Å². The van der Waals surface area contributed by atoms with Gasteiger partial charge in [-0.3, -0.25) is 9.89 Å². The van der Waals surface area contributed by atoms with E-state index in [-0.39, 0.29) is 5.91 Å². The van der Waals surface area contributed by atoms with Gasteiger partial charge in [0.25, 0.3) is 5.91 Å². The first kappa shape index (κ1) is 13.1. The first-order chi connectivity index (χ1) is 10.3. The molecule has 0 fully saturated rings. The van der Waals surface area contributed by atoms with Crippen LogP contribution in [-0.2, 0) is 0 Å². The zero-order valence-electron chi connectivity index (χ0n) is 11.6. The van der Waals surface area contributed by atoms with E-state index >= 15 is 0 Å². The number of anilines is 1. The van der Waals surface area contributed by atoms with E-state index < -0.39 is 0 Å². The summed E-state index contributed by atoms with van der Waals surface area (Å²) in [6, 6.07) is 19.0. The van der Waals surface area contributed by atoms with Gasteiger partial charge in [-0.05, 0) is 19.1 Å². The minimum atomic E-state index is -0.151. The Balaban J connectivity index is 1.85. The quantitative estimate of drug-likeness (QED) is 0.768. The Labute approximate surface area is 122 Å². The van der Waals surface area contributed by atoms with Crippen molar-refractivity contribution in [2.75, 3.05) is 5.32 Å². The van der Waals surface area contributed by atoms with Gasteiger partial charge in [-0.15, -0.1) is 0 Å². The normalized spacial score (nSPS) is 10.3. The number of hydrogen-bond donors (Lipinski definition) is 2. The number of rotatable bonds is 3. The first-order valence-corrected chi connectivity index (χ1v) is 6.72. The van der Waals surface area contributed by atoms with E-state index in [1.807, 2.05) is 55.5 Å². The van der Waals surface area contributed by atoms with Crippen molar-refractivity contribution in [1.82, 2.24) is 10.2 Å². The van der Waals surface area contributed by atoms with Crippen molar-refractivity contribution < 1.29 is 4.79 Å². The molecule has 0 unspecified atom stereocenters. The van der Waals surface area contributed by atoms with E-state index in [4.69, 9.17) is 0 Å². The van der Waals surface area contributed by atoms with Crippen LogP contribution in [0.3, 0.4) is 0 Å². The maximum Gasteiger partial charge on any atom is 0.256 e. The van der Waals surface area contributed by atoms with E-state index in [1.165, 1.54) is 0 Å². The first-order valence-electron chi connectivity index (χ1n) is 6.72. The molecule has 0 aliphatic heterocycles. The molecule has 2 aromatic carbocycles. The van der Waals surface area contributed by atoms with Gasteiger partial charge in [0.1, 0.15) is 5.82 Å². The number of carbonyl (C=O) groups is 1. The highest BCUT2D eigenvalue weighted by molar-refractivity contribution is 6.04. The summed E-state index contributed by atoms with van der Waals surface area (Å²) in [5.41, 5.74) is 3.41. The molecule has 0 atom stereocenters. The van der Waals surface area contributed by atoms with Crippen molar-refractivity contribution in [3.05, 3.63) is 71.8 Å². The van der Waals surface area contributed by atoms with Gasteiger partial charge in [0.2, 0.25) is 0 Å². The number of aromatic amines is 1. The molecule has 0 saturated carbocycles. The largest absolute Gasteiger partial charge is 0.307 e. The molecule has 0 saturated heterocycles. The lowest BCUT2D eigenvalue weighted by molar-refractivity contribution is 0.102. The lowest BCUT2D eigenvalue weighted by atomic mass is 10.1. The summed E-state index contributed by atoms with van der Waals surface area (Å²) in [7, 11) is 0. The summed E-state index contributed by atoms with van der Waals surface area (Å²) in [6.07, 6.45) is 0. The predicted octanol–water partition coefficient (Wildman–Crippen LogP) is 3.64. The minimum Gasteiger partial charge on any atom is -0.307 e. The SMILES string of the molecule is Cc1c(-c2ccccc2)n[nH]c1NC(=O)c1ccccc1. The van der Waals surface area contributed by atoms with Gasteiger partial charge in [0.05, 0.1) is 5.69 Å². The van der Waals surface area contributed by atoms with Crippen molar-refractivity contribution in [3.63, 3.8) is 0 Å². The fraction of sp³-hybridized carbons (Fsp3) is 0.0588. The van der Waals surface area contributed by atoms with Crippen LogP contribution in [0.15, 0.2) is 60.7 Å². The maximum atomic E-state index is 12.2. The Morgan fingerprint density at radius 1 is 1.00 bits per heavy atom. The third kappa shape index (κ3) is 2.69. The summed E-state index contributed by atoms with van der Waals surface area (Å²) in [5, 5.41) is 10.0. The molecular formula is C17H15N3O. The smallest absolute Gasteiger partial charge is 0.256 e. The molecule has 4 heteroatoms. The second kappa shape index (κ2) is 5.63. The van der Waals surface area contributed by atoms with Crippen molar-refractivity contribution in [3.8, 4) is 11.3 Å². The number of nitrogens with zero attached hydrogens (tertiary/aromatic N) is 1. The highest BCUT2D eigenvalue weighted by Gasteiger charge is 2.13. The lowest BCUT2D eigenvalue weighted by Gasteiger charge is -2.04. The van der Waals surface area contributed by atoms with Crippen LogP contribution in [0.2, 0.25) is 0 Å². The zero-order valence-corrected chi connectivity index (χ0v) is 11.6. The van der Waals surface area contributed by atoms with Crippen LogP contribution >= 0.6 is 0 Å². The zero-order chi connectivity index (χ0) is 14.7. The van der Waals surface area contributed by atoms with Crippen LogP contribution in [0.5, 0.6) is 0 Å². The molecule has 1 amide bonds. The van der Waals surface area contributed by atoms with Crippen LogP contribution in [0.1, 0.15) is 15.9 Å². The average molecular weight is 277 g/mol. The lowest BCUT2D eigenvalue weighted by Crippen LogP contribution is -2.12. The summed E-state index contributed by atoms with van der Waals surface area (Å²) in [5.74, 6) is 0.477. The van der Waals surface area contributed by atoms with Gasteiger partial charge in [0, 0.05) is 16.7 Å². The molecule has 1 aromatic heterocycles. The highest BCUT2D eigenvalue weighted by atomic mass is 16.1. The van der Waals surface area contributed by atoms with Crippen LogP contribution in [0.4, 0.5) is 5.82 Å². The predicted molar refractivity (Wildman–Crippen MR) is 83.2 cm³/mol. The van der Waals surface area contributed by atoms with Crippen molar-refractivity contribution in [1.29, 1.82) is 0 Å². The second-order valence-corrected chi connectivity index (χ2v) is 4.76. The van der Waals surface area contributed by atoms with Gasteiger partial charge in [0.15, 0.2) is 0 Å². The third-order valence-electron chi connectivity index (χ3n) is 3.33. The summed E-state index contributed by atoms with van der Waals surface area (Å²) >= 11 is 0. The molecule has 21 heavy (non-hydrogen) atoms. The number of benzene rings is 2. The van der Waals surface area contributed by atoms with Crippen LogP contribution in [0.25, 0.3) is 11.3 Å². The monoisotopic (exact) mass is 277 g/mol. The standard InChI is InChI=1S/C17H15N3O/c1-12-15(13-8-4-2-5-9-13)19-20-16(12)18-17(21)14-10-6-3-7-11-14/h2-11H,1H3,(H2,18,19,20,21). The summed E-state index contributed by atoms with van der Waals surface area (Å²) in [6.45, 7) is 1.94. The molecule has 0 aliphatic carbocycles. The van der Waals surface area contributed by atoms with Gasteiger partial charge < -0.3 is 5.32 Å². The van der Waals surface area contributed by atoms with Crippen LogP contribution in [-0.4, -0.2) is 16.1 Å². The Morgan fingerprint density at radius 2 is 1.62 bits per heavy atom. The molecule has 4 nitrogen and oxygen atoms in total. The molecule has 2 N–H and O–H groups in total. The van der Waals surface area contributed by atoms with Crippen LogP contribution < -0.4 is 5.32 Å². The molecule has 0 radical (unpaired) electrons. The second-order valence-electron chi connectivity index (χ2n) is 4.76. The molecule has 0 aliphatic rings. The molecular weight excluding hydrogens is 262 g/mol. The van der Waals surface area contributed by atoms with Gasteiger partial charge in [-0.25, -0.2) is 0 Å².